The third-order valence-corrected chi connectivity index (χ3v) is 6.91. The second-order valence-electron chi connectivity index (χ2n) is 9.39. The predicted octanol–water partition coefficient (Wildman–Crippen LogP) is 7.11. The average Bonchev–Trinajstić information content (AvgIpc) is 3.54. The number of hydrogen-bond acceptors (Lipinski definition) is 4. The lowest BCUT2D eigenvalue weighted by atomic mass is 9.98. The number of aromatic nitrogens is 6. The first-order chi connectivity index (χ1) is 18.7. The van der Waals surface area contributed by atoms with Gasteiger partial charge in [0.25, 0.3) is 0 Å². The van der Waals surface area contributed by atoms with Gasteiger partial charge >= 0.3 is 0 Å². The molecule has 7 aromatic rings. The van der Waals surface area contributed by atoms with E-state index in [-0.39, 0.29) is 0 Å². The van der Waals surface area contributed by atoms with E-state index < -0.39 is 0 Å². The molecule has 38 heavy (non-hydrogen) atoms. The van der Waals surface area contributed by atoms with E-state index in [0.717, 1.165) is 67.6 Å². The number of rotatable bonds is 4. The Morgan fingerprint density at radius 1 is 0.500 bits per heavy atom. The summed E-state index contributed by atoms with van der Waals surface area (Å²) < 4.78 is 4.28. The van der Waals surface area contributed by atoms with Crippen molar-refractivity contribution in [1.82, 2.24) is 29.1 Å². The summed E-state index contributed by atoms with van der Waals surface area (Å²) in [4.78, 5) is 19.4. The highest BCUT2D eigenvalue weighted by Gasteiger charge is 2.21. The number of para-hydroxylation sites is 2. The first-order valence-corrected chi connectivity index (χ1v) is 12.6. The predicted molar refractivity (Wildman–Crippen MR) is 152 cm³/mol. The van der Waals surface area contributed by atoms with Crippen LogP contribution in [0, 0.1) is 13.8 Å². The van der Waals surface area contributed by atoms with Crippen LogP contribution in [0.4, 0.5) is 0 Å². The summed E-state index contributed by atoms with van der Waals surface area (Å²) in [6.45, 7) is 4.27. The van der Waals surface area contributed by atoms with E-state index in [1.54, 1.807) is 0 Å². The van der Waals surface area contributed by atoms with Crippen molar-refractivity contribution in [2.75, 3.05) is 0 Å². The number of fused-ring (bicyclic) bond motifs is 2. The minimum Gasteiger partial charge on any atom is -0.277 e. The lowest BCUT2D eigenvalue weighted by molar-refractivity contribution is 1.06. The summed E-state index contributed by atoms with van der Waals surface area (Å²) in [5.74, 6) is 1.74. The van der Waals surface area contributed by atoms with Crippen LogP contribution < -0.4 is 0 Å². The molecule has 0 radical (unpaired) electrons. The van der Waals surface area contributed by atoms with Gasteiger partial charge in [-0.3, -0.25) is 9.13 Å². The summed E-state index contributed by atoms with van der Waals surface area (Å²) in [7, 11) is 0. The van der Waals surface area contributed by atoms with E-state index in [4.69, 9.17) is 9.97 Å². The van der Waals surface area contributed by atoms with Crippen molar-refractivity contribution in [2.24, 2.45) is 0 Å². The molecule has 0 saturated heterocycles. The van der Waals surface area contributed by atoms with Gasteiger partial charge in [0.05, 0.1) is 0 Å². The summed E-state index contributed by atoms with van der Waals surface area (Å²) in [6.07, 6.45) is 3.63. The first kappa shape index (κ1) is 22.1. The van der Waals surface area contributed by atoms with Crippen LogP contribution in [0.2, 0.25) is 0 Å². The second-order valence-corrected chi connectivity index (χ2v) is 9.39. The van der Waals surface area contributed by atoms with Crippen molar-refractivity contribution < 1.29 is 0 Å². The molecular formula is C32H24N6. The van der Waals surface area contributed by atoms with Crippen LogP contribution in [-0.4, -0.2) is 29.1 Å². The summed E-state index contributed by atoms with van der Waals surface area (Å²) in [6, 6.07) is 32.9. The van der Waals surface area contributed by atoms with Gasteiger partial charge in [0.2, 0.25) is 0 Å². The molecule has 3 aromatic carbocycles. The van der Waals surface area contributed by atoms with Crippen LogP contribution in [0.1, 0.15) is 11.1 Å². The Hall–Kier alpha value is -5.10. The van der Waals surface area contributed by atoms with E-state index in [1.165, 1.54) is 0 Å². The molecule has 0 amide bonds. The maximum absolute atomic E-state index is 5.03. The molecule has 4 heterocycles. The number of benzene rings is 3. The molecule has 0 atom stereocenters. The van der Waals surface area contributed by atoms with Gasteiger partial charge in [-0.1, -0.05) is 36.4 Å². The van der Waals surface area contributed by atoms with Crippen LogP contribution in [0.5, 0.6) is 0 Å². The van der Waals surface area contributed by atoms with Crippen molar-refractivity contribution in [3.8, 4) is 34.2 Å². The highest BCUT2D eigenvalue weighted by Crippen LogP contribution is 2.36. The molecule has 0 fully saturated rings. The molecule has 0 aliphatic heterocycles. The minimum absolute atomic E-state index is 0.840. The fraction of sp³-hybridized carbons (Fsp3) is 0.0625. The fourth-order valence-corrected chi connectivity index (χ4v) is 5.13. The van der Waals surface area contributed by atoms with Gasteiger partial charge in [-0.05, 0) is 85.6 Å². The Labute approximate surface area is 219 Å². The Morgan fingerprint density at radius 2 is 0.921 bits per heavy atom. The monoisotopic (exact) mass is 492 g/mol. The van der Waals surface area contributed by atoms with Gasteiger partial charge in [-0.15, -0.1) is 0 Å². The lowest BCUT2D eigenvalue weighted by Gasteiger charge is -2.15. The normalized spacial score (nSPS) is 11.4. The molecular weight excluding hydrogens is 468 g/mol. The zero-order valence-corrected chi connectivity index (χ0v) is 21.1. The van der Waals surface area contributed by atoms with Crippen LogP contribution >= 0.6 is 0 Å². The van der Waals surface area contributed by atoms with Gasteiger partial charge in [-0.2, -0.15) is 0 Å². The zero-order chi connectivity index (χ0) is 25.6. The van der Waals surface area contributed by atoms with E-state index in [0.29, 0.717) is 0 Å². The molecule has 0 bridgehead atoms. The molecule has 0 aliphatic rings. The minimum atomic E-state index is 0.840. The largest absolute Gasteiger partial charge is 0.277 e. The Bertz CT molecular complexity index is 1790. The Balaban J connectivity index is 1.46. The average molecular weight is 493 g/mol. The summed E-state index contributed by atoms with van der Waals surface area (Å²) in [5.41, 5.74) is 9.81. The number of aryl methyl sites for hydroxylation is 2. The molecule has 0 saturated carbocycles. The maximum atomic E-state index is 5.03. The van der Waals surface area contributed by atoms with Crippen molar-refractivity contribution >= 4 is 22.3 Å². The fourth-order valence-electron chi connectivity index (χ4n) is 5.13. The van der Waals surface area contributed by atoms with Crippen molar-refractivity contribution in [3.05, 3.63) is 121 Å². The standard InChI is InChI=1S/C32H24N6/c1-21-19-26(30-36-28-16-10-18-34-32(28)38(30)24-13-7-4-8-14-24)22(2)20-25(21)29-35-27-15-9-17-33-31(27)37(29)23-11-5-3-6-12-23/h3-20H,1-2H3. The van der Waals surface area contributed by atoms with Crippen LogP contribution in [0.3, 0.4) is 0 Å². The summed E-state index contributed by atoms with van der Waals surface area (Å²) >= 11 is 0. The quantitative estimate of drug-likeness (QED) is 0.263. The number of imidazole rings is 2. The highest BCUT2D eigenvalue weighted by molar-refractivity contribution is 5.84. The highest BCUT2D eigenvalue weighted by atomic mass is 15.1. The number of hydrogen-bond donors (Lipinski definition) is 0. The SMILES string of the molecule is Cc1cc(-c2nc3cccnc3n2-c2ccccc2)c(C)cc1-c1nc2cccnc2n1-c1ccccc1. The second kappa shape index (κ2) is 8.78. The molecule has 0 spiro atoms. The van der Waals surface area contributed by atoms with E-state index in [1.807, 2.05) is 73.1 Å². The molecule has 0 unspecified atom stereocenters. The van der Waals surface area contributed by atoms with E-state index in [2.05, 4.69) is 69.3 Å². The van der Waals surface area contributed by atoms with Crippen molar-refractivity contribution in [1.29, 1.82) is 0 Å². The Kier molecular flexibility index (Phi) is 5.11. The molecule has 6 nitrogen and oxygen atoms in total. The van der Waals surface area contributed by atoms with Crippen LogP contribution in [-0.2, 0) is 0 Å². The van der Waals surface area contributed by atoms with E-state index in [9.17, 15) is 0 Å². The third kappa shape index (κ3) is 3.50. The van der Waals surface area contributed by atoms with Crippen LogP contribution in [0.25, 0.3) is 56.5 Å². The topological polar surface area (TPSA) is 61.4 Å². The molecule has 4 aromatic heterocycles. The molecule has 0 N–H and O–H groups in total. The lowest BCUT2D eigenvalue weighted by Crippen LogP contribution is -2.02. The summed E-state index contributed by atoms with van der Waals surface area (Å²) in [5, 5.41) is 0. The maximum Gasteiger partial charge on any atom is 0.164 e. The van der Waals surface area contributed by atoms with Crippen LogP contribution in [0.15, 0.2) is 109 Å². The molecule has 7 rings (SSSR count). The molecule has 0 aliphatic carbocycles. The third-order valence-electron chi connectivity index (χ3n) is 6.91. The first-order valence-electron chi connectivity index (χ1n) is 12.6. The smallest absolute Gasteiger partial charge is 0.164 e. The van der Waals surface area contributed by atoms with Gasteiger partial charge in [0.15, 0.2) is 11.3 Å². The van der Waals surface area contributed by atoms with Gasteiger partial charge in [-0.25, -0.2) is 19.9 Å². The van der Waals surface area contributed by atoms with Crippen molar-refractivity contribution in [3.63, 3.8) is 0 Å². The number of nitrogens with zero attached hydrogens (tertiary/aromatic N) is 6. The van der Waals surface area contributed by atoms with E-state index >= 15 is 0 Å². The molecule has 6 heteroatoms. The number of pyridine rings is 2. The van der Waals surface area contributed by atoms with Gasteiger partial charge < -0.3 is 0 Å². The van der Waals surface area contributed by atoms with Crippen molar-refractivity contribution in [2.45, 2.75) is 13.8 Å². The molecule has 182 valence electrons. The van der Waals surface area contributed by atoms with Gasteiger partial charge in [0.1, 0.15) is 22.7 Å². The zero-order valence-electron chi connectivity index (χ0n) is 21.1. The Morgan fingerprint density at radius 3 is 1.34 bits per heavy atom. The van der Waals surface area contributed by atoms with Gasteiger partial charge in [0, 0.05) is 34.9 Å².